The van der Waals surface area contributed by atoms with Crippen LogP contribution in [0.25, 0.3) is 0 Å². The highest BCUT2D eigenvalue weighted by Crippen LogP contribution is 2.42. The minimum atomic E-state index is -0.617. The molecule has 0 spiro atoms. The average Bonchev–Trinajstić information content (AvgIpc) is 1.70. The lowest BCUT2D eigenvalue weighted by Gasteiger charge is -2.43. The van der Waals surface area contributed by atoms with E-state index in [1.54, 1.807) is 0 Å². The van der Waals surface area contributed by atoms with Crippen LogP contribution in [0.5, 0.6) is 0 Å². The third-order valence-corrected chi connectivity index (χ3v) is 30.7. The second-order valence-electron chi connectivity index (χ2n) is 39.0. The summed E-state index contributed by atoms with van der Waals surface area (Å²) in [6.45, 7) is 31.0. The summed E-state index contributed by atoms with van der Waals surface area (Å²) in [4.78, 5) is 88.3. The Kier molecular flexibility index (Phi) is 44.8. The molecule has 0 atom stereocenters. The monoisotopic (exact) mass is 1690 g/mol. The Morgan fingerprint density at radius 3 is 0.810 bits per heavy atom. The molecule has 0 saturated heterocycles. The summed E-state index contributed by atoms with van der Waals surface area (Å²) in [6, 6.07) is 23.2. The second kappa shape index (κ2) is 53.0. The average molecular weight is 1690 g/mol. The van der Waals surface area contributed by atoms with E-state index < -0.39 is 29.0 Å². The normalized spacial score (nSPS) is 19.8. The Bertz CT molecular complexity index is 3000. The number of nitrogens with zero attached hydrogens (tertiary/aromatic N) is 5. The summed E-state index contributed by atoms with van der Waals surface area (Å²) in [6.07, 6.45) is 61.9. The van der Waals surface area contributed by atoms with Gasteiger partial charge in [-0.15, -0.1) is 0 Å². The van der Waals surface area contributed by atoms with Crippen LogP contribution >= 0.6 is 0 Å². The number of hydrogen-bond acceptors (Lipinski definition) is 12. The number of rotatable bonds is 29. The number of amides is 6. The molecular formula is C104H177N5O12. The molecule has 0 unspecified atom stereocenters. The Hall–Kier alpha value is -5.74. The van der Waals surface area contributed by atoms with Gasteiger partial charge in [0.2, 0.25) is 0 Å². The molecule has 9 fully saturated rings. The van der Waals surface area contributed by atoms with Crippen molar-refractivity contribution in [1.82, 2.24) is 24.5 Å². The first-order chi connectivity index (χ1) is 58.3. The molecule has 2 aromatic carbocycles. The van der Waals surface area contributed by atoms with Crippen LogP contribution in [-0.2, 0) is 40.4 Å². The molecule has 0 aliphatic heterocycles. The molecular weight excluding hydrogens is 1510 g/mol. The molecule has 9 aliphatic carbocycles. The van der Waals surface area contributed by atoms with Crippen molar-refractivity contribution in [2.75, 3.05) is 6.54 Å². The molecule has 17 nitrogen and oxygen atoms in total. The van der Waals surface area contributed by atoms with Crippen molar-refractivity contribution in [2.45, 2.75) is 545 Å². The van der Waals surface area contributed by atoms with Crippen LogP contribution < -0.4 is 0 Å². The Morgan fingerprint density at radius 1 is 0.298 bits per heavy atom. The minimum absolute atomic E-state index is 0.0191. The Morgan fingerprint density at radius 2 is 0.545 bits per heavy atom. The zero-order chi connectivity index (χ0) is 87.7. The largest absolute Gasteiger partial charge is 0.443 e. The molecule has 9 aliphatic rings. The third kappa shape index (κ3) is 31.7. The van der Waals surface area contributed by atoms with E-state index in [-0.39, 0.29) is 47.7 Å². The molecule has 121 heavy (non-hydrogen) atoms. The van der Waals surface area contributed by atoms with E-state index in [1.807, 2.05) is 130 Å². The van der Waals surface area contributed by atoms with Crippen LogP contribution in [0.1, 0.15) is 468 Å². The van der Waals surface area contributed by atoms with Gasteiger partial charge in [-0.05, 0) is 244 Å². The molecule has 11 rings (SSSR count). The van der Waals surface area contributed by atoms with Gasteiger partial charge < -0.3 is 48.0 Å². The van der Waals surface area contributed by atoms with Crippen LogP contribution in [0.4, 0.5) is 28.8 Å². The Balaban J connectivity index is 0.000000209. The smallest absolute Gasteiger partial charge is 0.419 e. The highest BCUT2D eigenvalue weighted by molar-refractivity contribution is 5.88. The quantitative estimate of drug-likeness (QED) is 0.0706. The fourth-order valence-corrected chi connectivity index (χ4v) is 21.3. The molecule has 17 heteroatoms. The molecule has 6 amide bonds. The maximum atomic E-state index is 13.2. The van der Waals surface area contributed by atoms with E-state index >= 15 is 0 Å². The third-order valence-electron chi connectivity index (χ3n) is 30.7. The van der Waals surface area contributed by atoms with Crippen LogP contribution in [0.2, 0.25) is 0 Å². The van der Waals surface area contributed by atoms with Gasteiger partial charge in [0.15, 0.2) is 0 Å². The number of carbonyl (C=O) groups excluding carboxylic acids is 6. The summed E-state index contributed by atoms with van der Waals surface area (Å²) in [5.74, 6) is 0. The highest BCUT2D eigenvalue weighted by Gasteiger charge is 2.45. The molecule has 0 aromatic heterocycles. The molecule has 690 valence electrons. The van der Waals surface area contributed by atoms with E-state index in [9.17, 15) is 28.8 Å². The summed E-state index contributed by atoms with van der Waals surface area (Å²) >= 11 is 0. The van der Waals surface area contributed by atoms with Crippen LogP contribution in [0.15, 0.2) is 60.7 Å². The van der Waals surface area contributed by atoms with Gasteiger partial charge in [-0.2, -0.15) is 0 Å². The van der Waals surface area contributed by atoms with Crippen molar-refractivity contribution in [2.24, 2.45) is 0 Å². The first-order valence-corrected chi connectivity index (χ1v) is 50.7. The lowest BCUT2D eigenvalue weighted by atomic mass is 9.89. The molecule has 2 aromatic rings. The van der Waals surface area contributed by atoms with Gasteiger partial charge >= 0.3 is 36.6 Å². The number of benzene rings is 2. The van der Waals surface area contributed by atoms with E-state index in [2.05, 4.69) is 54.2 Å². The lowest BCUT2D eigenvalue weighted by Crippen LogP contribution is -2.51. The lowest BCUT2D eigenvalue weighted by molar-refractivity contribution is -0.0389. The fraction of sp³-hybridized carbons (Fsp3) is 0.827. The zero-order valence-corrected chi connectivity index (χ0v) is 79.8. The van der Waals surface area contributed by atoms with Gasteiger partial charge in [0.1, 0.15) is 33.6 Å². The molecule has 9 saturated carbocycles. The molecule has 0 heterocycles. The van der Waals surface area contributed by atoms with Gasteiger partial charge in [-0.25, -0.2) is 33.7 Å². The molecule has 0 N–H and O–H groups in total. The summed E-state index contributed by atoms with van der Waals surface area (Å²) < 4.78 is 36.0. The van der Waals surface area contributed by atoms with Crippen molar-refractivity contribution >= 4 is 36.6 Å². The Labute approximate surface area is 737 Å². The fourth-order valence-electron chi connectivity index (χ4n) is 21.3. The summed E-state index contributed by atoms with van der Waals surface area (Å²) in [5.41, 5.74) is -0.371. The number of ether oxygens (including phenoxy) is 6. The van der Waals surface area contributed by atoms with Crippen molar-refractivity contribution < 1.29 is 57.2 Å². The summed E-state index contributed by atoms with van der Waals surface area (Å²) in [7, 11) is 0. The maximum absolute atomic E-state index is 13.2. The first kappa shape index (κ1) is 102. The van der Waals surface area contributed by atoms with E-state index in [4.69, 9.17) is 28.4 Å². The van der Waals surface area contributed by atoms with E-state index in [0.717, 1.165) is 112 Å². The predicted molar refractivity (Wildman–Crippen MR) is 494 cm³/mol. The SMILES string of the molecule is CC(C)(OC(=O)N(C1CCCCC1)C1CCCCC1)c1ccccc1.CCC(C)(C)OC(=O)N(C1CCCCC1)C1CCCCC1.CCC(CC)(CC)OC(=O)N(C1CCCCC1)C1CCCCC1.CCC(CC)(CC)OC(=O)N(CCc1ccccc1)C(=O)OC(CC)(CC)CC.CCC1(OC(=O)N(C2CCCCC2)C2CCCCC2)CCCC1. The van der Waals surface area contributed by atoms with Crippen molar-refractivity contribution in [3.8, 4) is 0 Å². The van der Waals surface area contributed by atoms with Crippen molar-refractivity contribution in [1.29, 1.82) is 0 Å². The van der Waals surface area contributed by atoms with Crippen LogP contribution in [0, 0.1) is 0 Å². The van der Waals surface area contributed by atoms with Gasteiger partial charge in [0.05, 0.1) is 0 Å². The number of hydrogen-bond donors (Lipinski definition) is 0. The maximum Gasteiger partial charge on any atom is 0.419 e. The van der Waals surface area contributed by atoms with Gasteiger partial charge in [-0.3, -0.25) is 0 Å². The number of imide groups is 1. The standard InChI is InChI=1S/C24H39NO4.C22H33NO2.C20H35NO2.C20H37NO2.C18H33NO2/c1-7-23(8-2,9-3)28-21(26)25(19-18-20-16-14-13-15-17-20)22(27)29-24(10-4,11-5)12-6;1-22(2,18-12-6-3-7-13-18)25-21(24)23(19-14-8-4-9-15-19)20-16-10-5-11-17-20;1-2-20(15-9-10-16-20)23-19(22)21(17-11-5-3-6-12-17)18-13-7-4-8-14-18;1-4-20(5-2,6-3)23-19(22)21(17-13-9-7-10-14-17)18-15-11-8-12-16-18;1-4-18(2,3)21-17(20)19(15-11-7-5-8-12-15)16-13-9-6-10-14-16/h13-17H,7-12,18-19H2,1-6H3;3,6-7,12-13,19-20H,4-5,8-11,14-17H2,1-2H3;17-18H,2-16H2,1H3;17-18H,4-16H2,1-3H3;15-16H,4-14H2,1-3H3. The van der Waals surface area contributed by atoms with Crippen molar-refractivity contribution in [3.05, 3.63) is 71.8 Å². The van der Waals surface area contributed by atoms with Crippen molar-refractivity contribution in [3.63, 3.8) is 0 Å². The topological polar surface area (TPSA) is 174 Å². The molecule has 0 radical (unpaired) electrons. The van der Waals surface area contributed by atoms with E-state index in [1.165, 1.54) is 218 Å². The second-order valence-corrected chi connectivity index (χ2v) is 39.0. The van der Waals surface area contributed by atoms with Gasteiger partial charge in [-0.1, -0.05) is 291 Å². The van der Waals surface area contributed by atoms with Crippen LogP contribution in [0.3, 0.4) is 0 Å². The van der Waals surface area contributed by atoms with Gasteiger partial charge in [0, 0.05) is 54.9 Å². The first-order valence-electron chi connectivity index (χ1n) is 50.7. The number of carbonyl (C=O) groups is 6. The molecule has 0 bridgehead atoms. The van der Waals surface area contributed by atoms with Gasteiger partial charge in [0.25, 0.3) is 0 Å². The van der Waals surface area contributed by atoms with Crippen LogP contribution in [-0.4, -0.2) is 144 Å². The summed E-state index contributed by atoms with van der Waals surface area (Å²) in [5, 5.41) is 0. The highest BCUT2D eigenvalue weighted by atomic mass is 16.6. The zero-order valence-electron chi connectivity index (χ0n) is 79.8. The predicted octanol–water partition coefficient (Wildman–Crippen LogP) is 29.9. The minimum Gasteiger partial charge on any atom is -0.443 e. The van der Waals surface area contributed by atoms with E-state index in [0.29, 0.717) is 93.3 Å².